The van der Waals surface area contributed by atoms with Crippen LogP contribution in [-0.4, -0.2) is 26.4 Å². The molecule has 2 aromatic carbocycles. The molecule has 1 amide bonds. The molecule has 0 saturated heterocycles. The van der Waals surface area contributed by atoms with Gasteiger partial charge in [-0.05, 0) is 41.5 Å². The van der Waals surface area contributed by atoms with Gasteiger partial charge in [-0.1, -0.05) is 30.3 Å². The summed E-state index contributed by atoms with van der Waals surface area (Å²) in [5, 5.41) is 2.77. The lowest BCUT2D eigenvalue weighted by Gasteiger charge is -2.13. The molecule has 0 fully saturated rings. The Labute approximate surface area is 169 Å². The Bertz CT molecular complexity index is 1070. The van der Waals surface area contributed by atoms with Gasteiger partial charge in [0.15, 0.2) is 0 Å². The van der Waals surface area contributed by atoms with E-state index in [9.17, 15) is 13.2 Å². The Balaban J connectivity index is 1.77. The summed E-state index contributed by atoms with van der Waals surface area (Å²) >= 11 is 0. The zero-order valence-corrected chi connectivity index (χ0v) is 16.6. The van der Waals surface area contributed by atoms with Gasteiger partial charge in [0.1, 0.15) is 10.6 Å². The Morgan fingerprint density at radius 2 is 1.66 bits per heavy atom. The molecular weight excluding hydrogens is 390 g/mol. The summed E-state index contributed by atoms with van der Waals surface area (Å²) in [5.41, 5.74) is 1.93. The van der Waals surface area contributed by atoms with Crippen LogP contribution in [0.2, 0.25) is 0 Å². The third-order valence-electron chi connectivity index (χ3n) is 4.23. The van der Waals surface area contributed by atoms with Crippen molar-refractivity contribution in [1.82, 2.24) is 15.0 Å². The number of pyridine rings is 1. The molecule has 0 bridgehead atoms. The number of rotatable bonds is 8. The van der Waals surface area contributed by atoms with E-state index in [4.69, 9.17) is 4.74 Å². The minimum absolute atomic E-state index is 0.0903. The lowest BCUT2D eigenvalue weighted by molar-refractivity contribution is 0.0950. The molecule has 7 nitrogen and oxygen atoms in total. The average molecular weight is 411 g/mol. The van der Waals surface area contributed by atoms with Crippen LogP contribution in [0.4, 0.5) is 0 Å². The fourth-order valence-electron chi connectivity index (χ4n) is 2.66. The second-order valence-corrected chi connectivity index (χ2v) is 7.95. The number of aromatic nitrogens is 1. The molecule has 150 valence electrons. The molecule has 0 aliphatic heterocycles. The van der Waals surface area contributed by atoms with Gasteiger partial charge in [-0.3, -0.25) is 9.78 Å². The Morgan fingerprint density at radius 3 is 2.34 bits per heavy atom. The molecule has 0 radical (unpaired) electrons. The van der Waals surface area contributed by atoms with Gasteiger partial charge in [0.2, 0.25) is 10.0 Å². The van der Waals surface area contributed by atoms with Crippen LogP contribution in [0.1, 0.15) is 21.5 Å². The maximum absolute atomic E-state index is 12.8. The Hall–Kier alpha value is -3.23. The van der Waals surface area contributed by atoms with E-state index < -0.39 is 10.0 Å². The molecule has 0 spiro atoms. The summed E-state index contributed by atoms with van der Waals surface area (Å²) < 4.78 is 33.4. The fraction of sp³-hybridized carbons (Fsp3) is 0.143. The number of ether oxygens (including phenoxy) is 1. The van der Waals surface area contributed by atoms with E-state index in [-0.39, 0.29) is 28.7 Å². The van der Waals surface area contributed by atoms with Crippen LogP contribution in [-0.2, 0) is 23.1 Å². The number of methoxy groups -OCH3 is 1. The number of nitrogens with one attached hydrogen (secondary N) is 2. The number of carbonyl (C=O) groups excluding carboxylic acids is 1. The zero-order chi connectivity index (χ0) is 20.7. The monoisotopic (exact) mass is 411 g/mol. The van der Waals surface area contributed by atoms with Crippen molar-refractivity contribution < 1.29 is 17.9 Å². The third-order valence-corrected chi connectivity index (χ3v) is 5.65. The van der Waals surface area contributed by atoms with Crippen molar-refractivity contribution in [1.29, 1.82) is 0 Å². The van der Waals surface area contributed by atoms with E-state index in [2.05, 4.69) is 15.0 Å². The number of amides is 1. The number of benzene rings is 2. The first kappa shape index (κ1) is 20.5. The number of hydrogen-bond acceptors (Lipinski definition) is 5. The molecule has 0 saturated carbocycles. The largest absolute Gasteiger partial charge is 0.495 e. The fourth-order valence-corrected chi connectivity index (χ4v) is 3.88. The molecule has 3 aromatic rings. The van der Waals surface area contributed by atoms with E-state index in [1.54, 1.807) is 24.5 Å². The first-order valence-corrected chi connectivity index (χ1v) is 10.4. The molecule has 1 aromatic heterocycles. The SMILES string of the molecule is COc1ccc(C(=O)NCc2ccncc2)cc1S(=O)(=O)NCc1ccccc1. The molecule has 3 rings (SSSR count). The predicted octanol–water partition coefficient (Wildman–Crippen LogP) is 2.50. The highest BCUT2D eigenvalue weighted by Gasteiger charge is 2.21. The first-order valence-electron chi connectivity index (χ1n) is 8.88. The van der Waals surface area contributed by atoms with Crippen molar-refractivity contribution in [2.75, 3.05) is 7.11 Å². The van der Waals surface area contributed by atoms with E-state index in [1.165, 1.54) is 25.3 Å². The summed E-state index contributed by atoms with van der Waals surface area (Å²) in [6, 6.07) is 17.1. The number of carbonyl (C=O) groups is 1. The van der Waals surface area contributed by atoms with Gasteiger partial charge in [-0.15, -0.1) is 0 Å². The molecule has 1 heterocycles. The molecule has 0 aliphatic carbocycles. The number of hydrogen-bond donors (Lipinski definition) is 2. The van der Waals surface area contributed by atoms with Crippen LogP contribution >= 0.6 is 0 Å². The summed E-state index contributed by atoms with van der Waals surface area (Å²) in [4.78, 5) is 16.3. The zero-order valence-electron chi connectivity index (χ0n) is 15.8. The molecule has 0 atom stereocenters. The van der Waals surface area contributed by atoms with Crippen molar-refractivity contribution in [3.63, 3.8) is 0 Å². The summed E-state index contributed by atoms with van der Waals surface area (Å²) in [6.45, 7) is 0.437. The molecule has 0 aliphatic rings. The third kappa shape index (κ3) is 5.40. The van der Waals surface area contributed by atoms with E-state index in [0.717, 1.165) is 11.1 Å². The minimum Gasteiger partial charge on any atom is -0.495 e. The van der Waals surface area contributed by atoms with Crippen LogP contribution in [0.15, 0.2) is 78.0 Å². The second-order valence-electron chi connectivity index (χ2n) is 6.21. The first-order chi connectivity index (χ1) is 14.0. The van der Waals surface area contributed by atoms with Crippen molar-refractivity contribution in [2.45, 2.75) is 18.0 Å². The van der Waals surface area contributed by atoms with Crippen molar-refractivity contribution >= 4 is 15.9 Å². The van der Waals surface area contributed by atoms with Crippen LogP contribution in [0.5, 0.6) is 5.75 Å². The average Bonchev–Trinajstić information content (AvgIpc) is 2.77. The minimum atomic E-state index is -3.89. The highest BCUT2D eigenvalue weighted by atomic mass is 32.2. The maximum Gasteiger partial charge on any atom is 0.251 e. The topological polar surface area (TPSA) is 97.4 Å². The second kappa shape index (κ2) is 9.31. The van der Waals surface area contributed by atoms with Gasteiger partial charge >= 0.3 is 0 Å². The Morgan fingerprint density at radius 1 is 0.966 bits per heavy atom. The summed E-state index contributed by atoms with van der Waals surface area (Å²) in [7, 11) is -2.50. The summed E-state index contributed by atoms with van der Waals surface area (Å²) in [5.74, 6) is -0.222. The molecular formula is C21H21N3O4S. The lowest BCUT2D eigenvalue weighted by Crippen LogP contribution is -2.26. The van der Waals surface area contributed by atoms with Crippen molar-refractivity contribution in [3.05, 3.63) is 89.7 Å². The standard InChI is InChI=1S/C21H21N3O4S/c1-28-19-8-7-18(21(25)23-14-17-9-11-22-12-10-17)13-20(19)29(26,27)24-15-16-5-3-2-4-6-16/h2-13,24H,14-15H2,1H3,(H,23,25). The number of sulfonamides is 1. The smallest absolute Gasteiger partial charge is 0.251 e. The van der Waals surface area contributed by atoms with Crippen LogP contribution in [0.3, 0.4) is 0 Å². The van der Waals surface area contributed by atoms with Gasteiger partial charge in [-0.25, -0.2) is 13.1 Å². The van der Waals surface area contributed by atoms with Crippen LogP contribution < -0.4 is 14.8 Å². The van der Waals surface area contributed by atoms with Crippen LogP contribution in [0, 0.1) is 0 Å². The maximum atomic E-state index is 12.8. The molecule has 2 N–H and O–H groups in total. The molecule has 8 heteroatoms. The Kier molecular flexibility index (Phi) is 6.58. The van der Waals surface area contributed by atoms with Crippen molar-refractivity contribution in [3.8, 4) is 5.75 Å². The van der Waals surface area contributed by atoms with Gasteiger partial charge < -0.3 is 10.1 Å². The lowest BCUT2D eigenvalue weighted by atomic mass is 10.2. The highest BCUT2D eigenvalue weighted by molar-refractivity contribution is 7.89. The number of nitrogens with zero attached hydrogens (tertiary/aromatic N) is 1. The van der Waals surface area contributed by atoms with Gasteiger partial charge in [0, 0.05) is 31.0 Å². The summed E-state index contributed by atoms with van der Waals surface area (Å²) in [6.07, 6.45) is 3.27. The van der Waals surface area contributed by atoms with E-state index in [0.29, 0.717) is 6.54 Å². The molecule has 0 unspecified atom stereocenters. The molecule has 29 heavy (non-hydrogen) atoms. The van der Waals surface area contributed by atoms with Gasteiger partial charge in [-0.2, -0.15) is 0 Å². The van der Waals surface area contributed by atoms with E-state index in [1.807, 2.05) is 30.3 Å². The van der Waals surface area contributed by atoms with Crippen molar-refractivity contribution in [2.24, 2.45) is 0 Å². The normalized spacial score (nSPS) is 11.1. The van der Waals surface area contributed by atoms with Gasteiger partial charge in [0.05, 0.1) is 7.11 Å². The quantitative estimate of drug-likeness (QED) is 0.594. The highest BCUT2D eigenvalue weighted by Crippen LogP contribution is 2.25. The van der Waals surface area contributed by atoms with Gasteiger partial charge in [0.25, 0.3) is 5.91 Å². The van der Waals surface area contributed by atoms with Crippen LogP contribution in [0.25, 0.3) is 0 Å². The van der Waals surface area contributed by atoms with E-state index >= 15 is 0 Å². The predicted molar refractivity (Wildman–Crippen MR) is 109 cm³/mol.